The fourth-order valence-electron chi connectivity index (χ4n) is 1.54. The lowest BCUT2D eigenvalue weighted by Gasteiger charge is -2.29. The molecule has 0 fully saturated rings. The fraction of sp³-hybridized carbons (Fsp3) is 0.364. The molecule has 0 radical (unpaired) electrons. The highest BCUT2D eigenvalue weighted by molar-refractivity contribution is 5.98. The van der Waals surface area contributed by atoms with Gasteiger partial charge >= 0.3 is 0 Å². The molecule has 2 rings (SSSR count). The summed E-state index contributed by atoms with van der Waals surface area (Å²) in [6, 6.07) is 5.22. The highest BCUT2D eigenvalue weighted by Gasteiger charge is 2.25. The van der Waals surface area contributed by atoms with Gasteiger partial charge in [0.25, 0.3) is 5.91 Å². The van der Waals surface area contributed by atoms with Crippen LogP contribution in [0, 0.1) is 0 Å². The molecule has 5 heteroatoms. The molecule has 1 aromatic carbocycles. The van der Waals surface area contributed by atoms with E-state index in [9.17, 15) is 4.79 Å². The topological polar surface area (TPSA) is 64.8 Å². The van der Waals surface area contributed by atoms with Crippen LogP contribution >= 0.6 is 0 Å². The molecular weight excluding hydrogens is 208 g/mol. The Bertz CT molecular complexity index is 406. The third kappa shape index (κ3) is 1.94. The van der Waals surface area contributed by atoms with Crippen molar-refractivity contribution in [1.29, 1.82) is 0 Å². The van der Waals surface area contributed by atoms with Crippen molar-refractivity contribution in [3.05, 3.63) is 18.2 Å². The number of anilines is 2. The van der Waals surface area contributed by atoms with Gasteiger partial charge in [-0.2, -0.15) is 0 Å². The van der Waals surface area contributed by atoms with E-state index < -0.39 is 0 Å². The first-order chi connectivity index (χ1) is 7.72. The van der Waals surface area contributed by atoms with Gasteiger partial charge in [-0.1, -0.05) is 0 Å². The molecule has 0 atom stereocenters. The molecule has 1 amide bonds. The monoisotopic (exact) mass is 222 g/mol. The van der Waals surface area contributed by atoms with Crippen LogP contribution in [-0.4, -0.2) is 25.9 Å². The summed E-state index contributed by atoms with van der Waals surface area (Å²) in [6.45, 7) is 2.71. The minimum Gasteiger partial charge on any atom is -0.482 e. The maximum Gasteiger partial charge on any atom is 0.266 e. The van der Waals surface area contributed by atoms with Gasteiger partial charge in [-0.15, -0.1) is 0 Å². The maximum absolute atomic E-state index is 11.7. The Morgan fingerprint density at radius 2 is 2.38 bits per heavy atom. The van der Waals surface area contributed by atoms with E-state index in [-0.39, 0.29) is 19.2 Å². The van der Waals surface area contributed by atoms with Crippen molar-refractivity contribution in [2.75, 3.05) is 30.6 Å². The summed E-state index contributed by atoms with van der Waals surface area (Å²) in [7, 11) is 0. The standard InChI is InChI=1S/C11H14N2O3/c1-2-15-7-13-9-5-8(12)3-4-10(9)16-6-11(13)14/h3-5H,2,6-7,12H2,1H3. The molecule has 0 unspecified atom stereocenters. The van der Waals surface area contributed by atoms with Gasteiger partial charge in [0.15, 0.2) is 6.61 Å². The average Bonchev–Trinajstić information content (AvgIpc) is 2.28. The maximum atomic E-state index is 11.7. The van der Waals surface area contributed by atoms with Crippen LogP contribution < -0.4 is 15.4 Å². The average molecular weight is 222 g/mol. The fourth-order valence-corrected chi connectivity index (χ4v) is 1.54. The van der Waals surface area contributed by atoms with Crippen LogP contribution in [0.25, 0.3) is 0 Å². The third-order valence-electron chi connectivity index (χ3n) is 2.35. The van der Waals surface area contributed by atoms with Gasteiger partial charge in [0.1, 0.15) is 12.5 Å². The van der Waals surface area contributed by atoms with Crippen molar-refractivity contribution in [2.24, 2.45) is 0 Å². The second-order valence-corrected chi connectivity index (χ2v) is 3.46. The van der Waals surface area contributed by atoms with Gasteiger partial charge in [-0.3, -0.25) is 9.69 Å². The number of rotatable bonds is 3. The SMILES string of the molecule is CCOCN1C(=O)COc2ccc(N)cc21. The first-order valence-electron chi connectivity index (χ1n) is 5.13. The normalized spacial score (nSPS) is 14.6. The predicted molar refractivity (Wildman–Crippen MR) is 60.3 cm³/mol. The highest BCUT2D eigenvalue weighted by Crippen LogP contribution is 2.33. The second-order valence-electron chi connectivity index (χ2n) is 3.46. The number of benzene rings is 1. The van der Waals surface area contributed by atoms with Crippen LogP contribution in [0.1, 0.15) is 6.92 Å². The third-order valence-corrected chi connectivity index (χ3v) is 2.35. The summed E-state index contributed by atoms with van der Waals surface area (Å²) < 4.78 is 10.5. The van der Waals surface area contributed by atoms with Crippen molar-refractivity contribution < 1.29 is 14.3 Å². The van der Waals surface area contributed by atoms with E-state index in [0.717, 1.165) is 0 Å². The quantitative estimate of drug-likeness (QED) is 0.774. The number of fused-ring (bicyclic) bond motifs is 1. The van der Waals surface area contributed by atoms with E-state index in [0.29, 0.717) is 23.7 Å². The van der Waals surface area contributed by atoms with Gasteiger partial charge in [0.05, 0.1) is 5.69 Å². The van der Waals surface area contributed by atoms with E-state index in [1.807, 2.05) is 6.92 Å². The smallest absolute Gasteiger partial charge is 0.266 e. The predicted octanol–water partition coefficient (Wildman–Crippen LogP) is 0.988. The molecule has 1 aliphatic heterocycles. The number of nitrogens with zero attached hydrogens (tertiary/aromatic N) is 1. The van der Waals surface area contributed by atoms with Crippen LogP contribution in [0.3, 0.4) is 0 Å². The summed E-state index contributed by atoms with van der Waals surface area (Å²) in [5.41, 5.74) is 6.95. The van der Waals surface area contributed by atoms with E-state index in [1.54, 1.807) is 23.1 Å². The van der Waals surface area contributed by atoms with Crippen LogP contribution in [0.2, 0.25) is 0 Å². The number of hydrogen-bond acceptors (Lipinski definition) is 4. The molecule has 0 saturated carbocycles. The van der Waals surface area contributed by atoms with E-state index in [4.69, 9.17) is 15.2 Å². The number of ether oxygens (including phenoxy) is 2. The van der Waals surface area contributed by atoms with Crippen molar-refractivity contribution in [3.8, 4) is 5.75 Å². The Balaban J connectivity index is 2.31. The number of hydrogen-bond donors (Lipinski definition) is 1. The van der Waals surface area contributed by atoms with Crippen molar-refractivity contribution in [2.45, 2.75) is 6.92 Å². The minimum absolute atomic E-state index is 0.0456. The lowest BCUT2D eigenvalue weighted by atomic mass is 10.2. The molecule has 0 aromatic heterocycles. The molecule has 86 valence electrons. The minimum atomic E-state index is -0.119. The first kappa shape index (κ1) is 10.8. The Morgan fingerprint density at radius 1 is 1.56 bits per heavy atom. The van der Waals surface area contributed by atoms with Crippen LogP contribution in [0.4, 0.5) is 11.4 Å². The van der Waals surface area contributed by atoms with Gasteiger partial charge < -0.3 is 15.2 Å². The van der Waals surface area contributed by atoms with Crippen molar-refractivity contribution in [3.63, 3.8) is 0 Å². The molecular formula is C11H14N2O3. The summed E-state index contributed by atoms with van der Waals surface area (Å²) >= 11 is 0. The molecule has 1 aromatic rings. The van der Waals surface area contributed by atoms with Gasteiger partial charge in [0, 0.05) is 12.3 Å². The second kappa shape index (κ2) is 4.40. The molecule has 2 N–H and O–H groups in total. The lowest BCUT2D eigenvalue weighted by molar-refractivity contribution is -0.122. The Labute approximate surface area is 93.7 Å². The molecule has 1 heterocycles. The molecule has 1 aliphatic rings. The Morgan fingerprint density at radius 3 is 3.12 bits per heavy atom. The van der Waals surface area contributed by atoms with Crippen LogP contribution in [0.15, 0.2) is 18.2 Å². The molecule has 0 bridgehead atoms. The molecule has 0 saturated heterocycles. The zero-order valence-electron chi connectivity index (χ0n) is 9.10. The van der Waals surface area contributed by atoms with Gasteiger partial charge in [0.2, 0.25) is 0 Å². The van der Waals surface area contributed by atoms with Crippen molar-refractivity contribution >= 4 is 17.3 Å². The Hall–Kier alpha value is -1.75. The zero-order valence-corrected chi connectivity index (χ0v) is 9.10. The summed E-state index contributed by atoms with van der Waals surface area (Å²) in [4.78, 5) is 13.2. The van der Waals surface area contributed by atoms with Crippen LogP contribution in [0.5, 0.6) is 5.75 Å². The van der Waals surface area contributed by atoms with E-state index >= 15 is 0 Å². The lowest BCUT2D eigenvalue weighted by Crippen LogP contribution is -2.40. The first-order valence-corrected chi connectivity index (χ1v) is 5.13. The molecule has 0 spiro atoms. The van der Waals surface area contributed by atoms with E-state index in [2.05, 4.69) is 0 Å². The molecule has 16 heavy (non-hydrogen) atoms. The van der Waals surface area contributed by atoms with Gasteiger partial charge in [-0.25, -0.2) is 0 Å². The van der Waals surface area contributed by atoms with Crippen LogP contribution in [-0.2, 0) is 9.53 Å². The summed E-state index contributed by atoms with van der Waals surface area (Å²) in [5, 5.41) is 0. The van der Waals surface area contributed by atoms with Crippen molar-refractivity contribution in [1.82, 2.24) is 0 Å². The Kier molecular flexibility index (Phi) is 2.96. The number of amides is 1. The van der Waals surface area contributed by atoms with E-state index in [1.165, 1.54) is 0 Å². The number of nitrogens with two attached hydrogens (primary N) is 1. The summed E-state index contributed by atoms with van der Waals surface area (Å²) in [6.07, 6.45) is 0. The molecule has 5 nitrogen and oxygen atoms in total. The summed E-state index contributed by atoms with van der Waals surface area (Å²) in [5.74, 6) is 0.542. The number of carbonyl (C=O) groups is 1. The zero-order chi connectivity index (χ0) is 11.5. The van der Waals surface area contributed by atoms with Gasteiger partial charge in [-0.05, 0) is 25.1 Å². The largest absolute Gasteiger partial charge is 0.482 e. The highest BCUT2D eigenvalue weighted by atomic mass is 16.5. The molecule has 0 aliphatic carbocycles. The number of nitrogen functional groups attached to an aromatic ring is 1. The number of carbonyl (C=O) groups excluding carboxylic acids is 1.